The van der Waals surface area contributed by atoms with Crippen molar-refractivity contribution in [1.29, 1.82) is 0 Å². The summed E-state index contributed by atoms with van der Waals surface area (Å²) in [5.41, 5.74) is 25.2. The SMILES string of the molecule is CC(C)(C)c1cc(-c2c3c(c(-c4cc(C(C)(C)C)cc(C(C)(C)C)c4)c4cc5ccccc5cc24)C2=CC(C4=CCCC=C4)C4C5=C(CCC=C5)C5=C(C6C=CC=CC6)C=C3C2C54)cc(C(C)(C)C)c1. The fourth-order valence-corrected chi connectivity index (χ4v) is 13.7. The van der Waals surface area contributed by atoms with E-state index in [2.05, 4.69) is 223 Å². The molecule has 5 atom stereocenters. The van der Waals surface area contributed by atoms with Crippen molar-refractivity contribution >= 4 is 32.7 Å². The van der Waals surface area contributed by atoms with Crippen LogP contribution in [0.2, 0.25) is 0 Å². The van der Waals surface area contributed by atoms with Crippen LogP contribution in [-0.2, 0) is 21.7 Å². The topological polar surface area (TPSA) is 0 Å². The maximum Gasteiger partial charge on any atom is 0.0174 e. The second-order valence-corrected chi connectivity index (χ2v) is 26.2. The van der Waals surface area contributed by atoms with Crippen LogP contribution >= 0.6 is 0 Å². The first kappa shape index (κ1) is 45.4. The third-order valence-electron chi connectivity index (χ3n) is 17.5. The Morgan fingerprint density at radius 1 is 0.500 bits per heavy atom. The van der Waals surface area contributed by atoms with Crippen molar-refractivity contribution in [2.75, 3.05) is 0 Å². The molecule has 354 valence electrons. The lowest BCUT2D eigenvalue weighted by Gasteiger charge is -2.43. The second-order valence-electron chi connectivity index (χ2n) is 26.2. The molecule has 5 aromatic rings. The Kier molecular flexibility index (Phi) is 10.3. The average molecular weight is 915 g/mol. The highest BCUT2D eigenvalue weighted by atomic mass is 14.6. The molecule has 5 unspecified atom stereocenters. The van der Waals surface area contributed by atoms with E-state index in [4.69, 9.17) is 0 Å². The molecule has 0 radical (unpaired) electrons. The van der Waals surface area contributed by atoms with Crippen LogP contribution in [0.15, 0.2) is 167 Å². The molecule has 0 heterocycles. The highest BCUT2D eigenvalue weighted by Crippen LogP contribution is 2.70. The van der Waals surface area contributed by atoms with Crippen LogP contribution in [0, 0.1) is 29.6 Å². The van der Waals surface area contributed by atoms with Crippen molar-refractivity contribution < 1.29 is 0 Å². The molecular formula is C70H74. The number of rotatable bonds is 4. The van der Waals surface area contributed by atoms with Crippen molar-refractivity contribution in [2.45, 2.75) is 137 Å². The third-order valence-corrected chi connectivity index (χ3v) is 17.5. The van der Waals surface area contributed by atoms with Gasteiger partial charge in [0.15, 0.2) is 0 Å². The summed E-state index contributed by atoms with van der Waals surface area (Å²) < 4.78 is 0. The molecule has 0 bridgehead atoms. The molecule has 12 rings (SSSR count). The van der Waals surface area contributed by atoms with Crippen molar-refractivity contribution in [3.05, 3.63) is 201 Å². The molecule has 70 heavy (non-hydrogen) atoms. The van der Waals surface area contributed by atoms with Crippen LogP contribution in [0.3, 0.4) is 0 Å². The Labute approximate surface area is 420 Å². The Balaban J connectivity index is 1.31. The Morgan fingerprint density at radius 3 is 1.57 bits per heavy atom. The summed E-state index contributed by atoms with van der Waals surface area (Å²) >= 11 is 0. The fourth-order valence-electron chi connectivity index (χ4n) is 13.7. The summed E-state index contributed by atoms with van der Waals surface area (Å²) in [7, 11) is 0. The summed E-state index contributed by atoms with van der Waals surface area (Å²) in [4.78, 5) is 0. The Hall–Kier alpha value is -5.72. The normalized spacial score (nSPS) is 23.8. The largest absolute Gasteiger partial charge is 0.0839 e. The summed E-state index contributed by atoms with van der Waals surface area (Å²) in [5.74, 6) is 1.67. The van der Waals surface area contributed by atoms with Gasteiger partial charge in [0, 0.05) is 29.6 Å². The minimum Gasteiger partial charge on any atom is -0.0839 e. The van der Waals surface area contributed by atoms with Gasteiger partial charge in [0.1, 0.15) is 0 Å². The minimum absolute atomic E-state index is 0.0328. The minimum atomic E-state index is -0.0333. The average Bonchev–Trinajstić information content (AvgIpc) is 3.84. The Morgan fingerprint density at radius 2 is 1.06 bits per heavy atom. The van der Waals surface area contributed by atoms with Crippen LogP contribution in [-0.4, -0.2) is 0 Å². The molecule has 7 aliphatic carbocycles. The molecule has 0 heteroatoms. The smallest absolute Gasteiger partial charge is 0.0174 e. The number of hydrogen-bond donors (Lipinski definition) is 0. The van der Waals surface area contributed by atoms with Gasteiger partial charge in [0.25, 0.3) is 0 Å². The number of fused-ring (bicyclic) bond motifs is 7. The van der Waals surface area contributed by atoms with Gasteiger partial charge in [-0.05, 0) is 182 Å². The summed E-state index contributed by atoms with van der Waals surface area (Å²) in [5, 5.41) is 5.34. The summed E-state index contributed by atoms with van der Waals surface area (Å²) in [6, 6.07) is 29.7. The second kappa shape index (κ2) is 15.9. The van der Waals surface area contributed by atoms with E-state index in [1.165, 1.54) is 82.8 Å². The van der Waals surface area contributed by atoms with Crippen LogP contribution in [0.25, 0.3) is 54.9 Å². The highest BCUT2D eigenvalue weighted by Gasteiger charge is 2.56. The summed E-state index contributed by atoms with van der Waals surface area (Å²) in [6.07, 6.45) is 33.4. The Bertz CT molecular complexity index is 3310. The van der Waals surface area contributed by atoms with E-state index in [9.17, 15) is 0 Å². The number of allylic oxidation sites excluding steroid dienone is 18. The van der Waals surface area contributed by atoms with Gasteiger partial charge in [-0.1, -0.05) is 211 Å². The van der Waals surface area contributed by atoms with Gasteiger partial charge < -0.3 is 0 Å². The fraction of sp³-hybridized carbons (Fsp3) is 0.371. The van der Waals surface area contributed by atoms with Crippen molar-refractivity contribution in [1.82, 2.24) is 0 Å². The first-order valence-corrected chi connectivity index (χ1v) is 26.9. The highest BCUT2D eigenvalue weighted by molar-refractivity contribution is 6.21. The quantitative estimate of drug-likeness (QED) is 0.158. The molecule has 0 saturated carbocycles. The van der Waals surface area contributed by atoms with Crippen LogP contribution in [0.1, 0.15) is 149 Å². The van der Waals surface area contributed by atoms with E-state index in [1.54, 1.807) is 33.4 Å². The van der Waals surface area contributed by atoms with Crippen LogP contribution in [0.5, 0.6) is 0 Å². The van der Waals surface area contributed by atoms with Gasteiger partial charge in [0.05, 0.1) is 0 Å². The zero-order chi connectivity index (χ0) is 48.8. The maximum absolute atomic E-state index is 2.85. The molecule has 0 spiro atoms. The van der Waals surface area contributed by atoms with E-state index in [0.29, 0.717) is 17.8 Å². The van der Waals surface area contributed by atoms with Crippen molar-refractivity contribution in [2.24, 2.45) is 29.6 Å². The van der Waals surface area contributed by atoms with Gasteiger partial charge in [-0.25, -0.2) is 0 Å². The van der Waals surface area contributed by atoms with Gasteiger partial charge in [0.2, 0.25) is 0 Å². The summed E-state index contributed by atoms with van der Waals surface area (Å²) in [6.45, 7) is 28.8. The zero-order valence-electron chi connectivity index (χ0n) is 44.2. The van der Waals surface area contributed by atoms with Gasteiger partial charge in [-0.3, -0.25) is 0 Å². The van der Waals surface area contributed by atoms with E-state index in [1.807, 2.05) is 0 Å². The molecule has 0 saturated heterocycles. The first-order chi connectivity index (χ1) is 33.3. The lowest BCUT2D eigenvalue weighted by atomic mass is 9.60. The van der Waals surface area contributed by atoms with E-state index in [0.717, 1.165) is 32.1 Å². The predicted octanol–water partition coefficient (Wildman–Crippen LogP) is 19.2. The molecule has 0 N–H and O–H groups in total. The van der Waals surface area contributed by atoms with E-state index < -0.39 is 0 Å². The lowest BCUT2D eigenvalue weighted by Crippen LogP contribution is -2.34. The maximum atomic E-state index is 2.85. The third kappa shape index (κ3) is 7.20. The van der Waals surface area contributed by atoms with Gasteiger partial charge in [-0.15, -0.1) is 0 Å². The van der Waals surface area contributed by atoms with E-state index >= 15 is 0 Å². The van der Waals surface area contributed by atoms with Gasteiger partial charge in [-0.2, -0.15) is 0 Å². The van der Waals surface area contributed by atoms with Crippen LogP contribution < -0.4 is 0 Å². The van der Waals surface area contributed by atoms with E-state index in [-0.39, 0.29) is 33.5 Å². The molecular weight excluding hydrogens is 841 g/mol. The number of benzene rings is 5. The molecule has 7 aliphatic rings. The molecule has 0 nitrogen and oxygen atoms in total. The molecule has 0 aromatic heterocycles. The van der Waals surface area contributed by atoms with Crippen LogP contribution in [0.4, 0.5) is 0 Å². The first-order valence-electron chi connectivity index (χ1n) is 26.9. The number of hydrogen-bond acceptors (Lipinski definition) is 0. The zero-order valence-corrected chi connectivity index (χ0v) is 44.2. The monoisotopic (exact) mass is 915 g/mol. The standard InChI is InChI=1S/C70H74/c1-67(2,3)47-31-45(32-48(37-47)68(4,5)6)59-55-35-43-27-19-20-28-44(43)36-56(55)60(46-33-49(69(7,8)9)38-50(34-46)70(10,11)12)65-58-40-54(42-25-17-14-18-26-42)62-52-30-22-21-29-51(52)61-53(41-23-15-13-16-24-41)39-57(64(59)65)63(58)66(61)62/h13,15-17,19-20,22-23,25-28,30-41,54,62-63,66H,14,18,21,24,29H2,1-12H3. The molecule has 0 fully saturated rings. The van der Waals surface area contributed by atoms with Crippen molar-refractivity contribution in [3.63, 3.8) is 0 Å². The molecule has 0 amide bonds. The predicted molar refractivity (Wildman–Crippen MR) is 302 cm³/mol. The van der Waals surface area contributed by atoms with Crippen molar-refractivity contribution in [3.8, 4) is 22.3 Å². The lowest BCUT2D eigenvalue weighted by molar-refractivity contribution is 0.351. The molecule has 0 aliphatic heterocycles. The van der Waals surface area contributed by atoms with Gasteiger partial charge >= 0.3 is 0 Å². The molecule has 5 aromatic carbocycles.